The third-order valence-electron chi connectivity index (χ3n) is 4.90. The maximum atomic E-state index is 13.0. The Balaban J connectivity index is 1.70. The SMILES string of the molecule is CN(C)C(=O)c1ccc(NC(=O)CN2C(=O)NC(C)(c3ccc(Cl)c(Cl)c3)C2=O)cc1. The largest absolute Gasteiger partial charge is 0.345 e. The van der Waals surface area contributed by atoms with Crippen molar-refractivity contribution in [3.63, 3.8) is 0 Å². The first-order valence-corrected chi connectivity index (χ1v) is 9.99. The normalized spacial score (nSPS) is 18.0. The molecule has 1 unspecified atom stereocenters. The molecule has 0 spiro atoms. The maximum Gasteiger partial charge on any atom is 0.325 e. The molecule has 1 atom stereocenters. The van der Waals surface area contributed by atoms with E-state index in [-0.39, 0.29) is 10.9 Å². The molecule has 2 aromatic rings. The van der Waals surface area contributed by atoms with Crippen LogP contribution in [0.4, 0.5) is 10.5 Å². The summed E-state index contributed by atoms with van der Waals surface area (Å²) in [5.74, 6) is -1.31. The number of carbonyl (C=O) groups is 4. The summed E-state index contributed by atoms with van der Waals surface area (Å²) in [6.07, 6.45) is 0. The minimum absolute atomic E-state index is 0.168. The van der Waals surface area contributed by atoms with E-state index in [1.165, 1.54) is 24.0 Å². The number of halogens is 2. The summed E-state index contributed by atoms with van der Waals surface area (Å²) in [7, 11) is 3.28. The monoisotopic (exact) mass is 462 g/mol. The van der Waals surface area contributed by atoms with Crippen molar-refractivity contribution in [3.8, 4) is 0 Å². The molecule has 8 nitrogen and oxygen atoms in total. The van der Waals surface area contributed by atoms with Crippen LogP contribution in [0, 0.1) is 0 Å². The molecule has 5 amide bonds. The average molecular weight is 463 g/mol. The minimum Gasteiger partial charge on any atom is -0.345 e. The Labute approximate surface area is 189 Å². The van der Waals surface area contributed by atoms with Crippen LogP contribution in [-0.4, -0.2) is 54.2 Å². The maximum absolute atomic E-state index is 13.0. The molecule has 162 valence electrons. The van der Waals surface area contributed by atoms with Crippen molar-refractivity contribution in [2.24, 2.45) is 0 Å². The van der Waals surface area contributed by atoms with Gasteiger partial charge in [0.2, 0.25) is 5.91 Å². The Morgan fingerprint density at radius 1 is 1.06 bits per heavy atom. The number of carbonyl (C=O) groups excluding carboxylic acids is 4. The zero-order valence-electron chi connectivity index (χ0n) is 17.0. The van der Waals surface area contributed by atoms with Gasteiger partial charge in [-0.05, 0) is 48.9 Å². The summed E-state index contributed by atoms with van der Waals surface area (Å²) in [4.78, 5) is 52.0. The average Bonchev–Trinajstić information content (AvgIpc) is 2.94. The number of hydrogen-bond acceptors (Lipinski definition) is 4. The van der Waals surface area contributed by atoms with E-state index in [2.05, 4.69) is 10.6 Å². The van der Waals surface area contributed by atoms with Crippen molar-refractivity contribution >= 4 is 52.6 Å². The number of amides is 5. The number of hydrogen-bond donors (Lipinski definition) is 2. The van der Waals surface area contributed by atoms with Crippen molar-refractivity contribution in [1.82, 2.24) is 15.1 Å². The van der Waals surface area contributed by atoms with Crippen LogP contribution in [0.25, 0.3) is 0 Å². The lowest BCUT2D eigenvalue weighted by Crippen LogP contribution is -2.42. The molecule has 0 aliphatic carbocycles. The van der Waals surface area contributed by atoms with Gasteiger partial charge in [-0.25, -0.2) is 4.79 Å². The third kappa shape index (κ3) is 4.50. The van der Waals surface area contributed by atoms with Crippen LogP contribution < -0.4 is 10.6 Å². The lowest BCUT2D eigenvalue weighted by Gasteiger charge is -2.22. The second-order valence-corrected chi connectivity index (χ2v) is 8.21. The fourth-order valence-corrected chi connectivity index (χ4v) is 3.44. The van der Waals surface area contributed by atoms with Crippen molar-refractivity contribution in [2.45, 2.75) is 12.5 Å². The first-order chi connectivity index (χ1) is 14.5. The molecule has 0 aromatic heterocycles. The van der Waals surface area contributed by atoms with Crippen LogP contribution in [0.15, 0.2) is 42.5 Å². The zero-order chi connectivity index (χ0) is 22.9. The Morgan fingerprint density at radius 3 is 2.29 bits per heavy atom. The number of imide groups is 1. The Morgan fingerprint density at radius 2 is 1.71 bits per heavy atom. The van der Waals surface area contributed by atoms with Gasteiger partial charge >= 0.3 is 6.03 Å². The summed E-state index contributed by atoms with van der Waals surface area (Å²) >= 11 is 12.0. The molecule has 1 fully saturated rings. The van der Waals surface area contributed by atoms with Crippen LogP contribution in [0.5, 0.6) is 0 Å². The standard InChI is InChI=1S/C21H20Cl2N4O4/c1-21(13-6-9-15(22)16(23)10-13)19(30)27(20(31)25-21)11-17(28)24-14-7-4-12(5-8-14)18(29)26(2)3/h4-10H,11H2,1-3H3,(H,24,28)(H,25,31). The van der Waals surface area contributed by atoms with Gasteiger partial charge in [-0.15, -0.1) is 0 Å². The van der Waals surface area contributed by atoms with Crippen molar-refractivity contribution in [2.75, 3.05) is 26.0 Å². The molecular weight excluding hydrogens is 443 g/mol. The van der Waals surface area contributed by atoms with E-state index in [0.29, 0.717) is 21.8 Å². The first kappa shape index (κ1) is 22.6. The molecule has 2 N–H and O–H groups in total. The first-order valence-electron chi connectivity index (χ1n) is 9.24. The van der Waals surface area contributed by atoms with Crippen LogP contribution in [0.1, 0.15) is 22.8 Å². The van der Waals surface area contributed by atoms with Gasteiger partial charge in [0, 0.05) is 25.3 Å². The number of anilines is 1. The quantitative estimate of drug-likeness (QED) is 0.666. The highest BCUT2D eigenvalue weighted by Crippen LogP contribution is 2.33. The van der Waals surface area contributed by atoms with Crippen molar-refractivity contribution in [3.05, 3.63) is 63.6 Å². The molecular formula is C21H20Cl2N4O4. The lowest BCUT2D eigenvalue weighted by atomic mass is 9.92. The Kier molecular flexibility index (Phi) is 6.24. The van der Waals surface area contributed by atoms with Gasteiger partial charge in [0.15, 0.2) is 0 Å². The number of nitrogens with one attached hydrogen (secondary N) is 2. The molecule has 10 heteroatoms. The second kappa shape index (κ2) is 8.56. The van der Waals surface area contributed by atoms with Crippen LogP contribution in [-0.2, 0) is 15.1 Å². The summed E-state index contributed by atoms with van der Waals surface area (Å²) in [5, 5.41) is 5.78. The summed E-state index contributed by atoms with van der Waals surface area (Å²) in [6, 6.07) is 10.2. The van der Waals surface area contributed by atoms with Crippen LogP contribution >= 0.6 is 23.2 Å². The zero-order valence-corrected chi connectivity index (χ0v) is 18.5. The molecule has 2 aromatic carbocycles. The summed E-state index contributed by atoms with van der Waals surface area (Å²) < 4.78 is 0. The Hall–Kier alpha value is -3.10. The minimum atomic E-state index is -1.38. The highest BCUT2D eigenvalue weighted by atomic mass is 35.5. The second-order valence-electron chi connectivity index (χ2n) is 7.40. The molecule has 1 heterocycles. The third-order valence-corrected chi connectivity index (χ3v) is 5.63. The molecule has 1 aliphatic heterocycles. The molecule has 0 radical (unpaired) electrons. The van der Waals surface area contributed by atoms with Gasteiger partial charge in [0.05, 0.1) is 10.0 Å². The number of urea groups is 1. The highest BCUT2D eigenvalue weighted by molar-refractivity contribution is 6.42. The fourth-order valence-electron chi connectivity index (χ4n) is 3.14. The molecule has 1 aliphatic rings. The van der Waals surface area contributed by atoms with E-state index in [1.807, 2.05) is 0 Å². The highest BCUT2D eigenvalue weighted by Gasteiger charge is 2.49. The van der Waals surface area contributed by atoms with E-state index in [0.717, 1.165) is 4.90 Å². The van der Waals surface area contributed by atoms with Gasteiger partial charge in [-0.2, -0.15) is 0 Å². The predicted octanol–water partition coefficient (Wildman–Crippen LogP) is 3.10. The molecule has 1 saturated heterocycles. The molecule has 3 rings (SSSR count). The summed E-state index contributed by atoms with van der Waals surface area (Å²) in [5.41, 5.74) is -0.0295. The molecule has 31 heavy (non-hydrogen) atoms. The summed E-state index contributed by atoms with van der Waals surface area (Å²) in [6.45, 7) is 1.06. The van der Waals surface area contributed by atoms with Gasteiger partial charge in [-0.3, -0.25) is 19.3 Å². The van der Waals surface area contributed by atoms with Crippen LogP contribution in [0.3, 0.4) is 0 Å². The van der Waals surface area contributed by atoms with Crippen molar-refractivity contribution in [1.29, 1.82) is 0 Å². The number of rotatable bonds is 5. The van der Waals surface area contributed by atoms with Crippen LogP contribution in [0.2, 0.25) is 10.0 Å². The van der Waals surface area contributed by atoms with Gasteiger partial charge in [0.1, 0.15) is 12.1 Å². The van der Waals surface area contributed by atoms with Gasteiger partial charge < -0.3 is 15.5 Å². The van der Waals surface area contributed by atoms with E-state index in [4.69, 9.17) is 23.2 Å². The van der Waals surface area contributed by atoms with E-state index < -0.39 is 29.9 Å². The fraction of sp³-hybridized carbons (Fsp3) is 0.238. The molecule has 0 saturated carbocycles. The van der Waals surface area contributed by atoms with E-state index in [9.17, 15) is 19.2 Å². The number of nitrogens with zero attached hydrogens (tertiary/aromatic N) is 2. The van der Waals surface area contributed by atoms with E-state index in [1.54, 1.807) is 44.4 Å². The molecule has 0 bridgehead atoms. The van der Waals surface area contributed by atoms with E-state index >= 15 is 0 Å². The number of benzene rings is 2. The predicted molar refractivity (Wildman–Crippen MR) is 117 cm³/mol. The lowest BCUT2D eigenvalue weighted by molar-refractivity contribution is -0.133. The van der Waals surface area contributed by atoms with Crippen molar-refractivity contribution < 1.29 is 19.2 Å². The smallest absolute Gasteiger partial charge is 0.325 e. The van der Waals surface area contributed by atoms with Gasteiger partial charge in [-0.1, -0.05) is 29.3 Å². The topological polar surface area (TPSA) is 98.8 Å². The van der Waals surface area contributed by atoms with Gasteiger partial charge in [0.25, 0.3) is 11.8 Å². The Bertz CT molecular complexity index is 1070.